The monoisotopic (exact) mass is 448 g/mol. The summed E-state index contributed by atoms with van der Waals surface area (Å²) >= 11 is 0. The van der Waals surface area contributed by atoms with Gasteiger partial charge in [0.1, 0.15) is 6.54 Å². The number of nitrogens with one attached hydrogen (secondary N) is 1. The minimum absolute atomic E-state index is 0.0665. The lowest BCUT2D eigenvalue weighted by molar-refractivity contribution is -0.123. The van der Waals surface area contributed by atoms with Gasteiger partial charge in [-0.25, -0.2) is 8.42 Å². The van der Waals surface area contributed by atoms with E-state index in [1.165, 1.54) is 11.0 Å². The predicted molar refractivity (Wildman–Crippen MR) is 123 cm³/mol. The number of sulfone groups is 1. The molecule has 3 aromatic carbocycles. The summed E-state index contributed by atoms with van der Waals surface area (Å²) in [6, 6.07) is 24.9. The molecule has 1 N–H and O–H groups in total. The Balaban J connectivity index is 1.56. The molecule has 0 aliphatic carbocycles. The number of amides is 2. The second-order valence-corrected chi connectivity index (χ2v) is 9.78. The summed E-state index contributed by atoms with van der Waals surface area (Å²) in [6.45, 7) is 0.194. The van der Waals surface area contributed by atoms with Crippen LogP contribution in [0.2, 0.25) is 0 Å². The average molecular weight is 449 g/mol. The van der Waals surface area contributed by atoms with Crippen molar-refractivity contribution in [3.05, 3.63) is 96.1 Å². The van der Waals surface area contributed by atoms with Crippen LogP contribution in [0.25, 0.3) is 0 Å². The Bertz CT molecular complexity index is 1210. The van der Waals surface area contributed by atoms with Crippen LogP contribution in [0.3, 0.4) is 0 Å². The van der Waals surface area contributed by atoms with Crippen molar-refractivity contribution in [2.24, 2.45) is 0 Å². The SMILES string of the molecule is O=C(CN1C(=O)C[C@H](c2ccccc2)S(=O)(=O)c2ccccc21)NCCc1ccccc1. The Morgan fingerprint density at radius 3 is 2.25 bits per heavy atom. The number of para-hydroxylation sites is 1. The Morgan fingerprint density at radius 2 is 1.53 bits per heavy atom. The third-order valence-corrected chi connectivity index (χ3v) is 7.70. The molecular formula is C25H24N2O4S. The summed E-state index contributed by atoms with van der Waals surface area (Å²) in [6.07, 6.45) is 0.444. The number of benzene rings is 3. The van der Waals surface area contributed by atoms with Crippen LogP contribution in [-0.4, -0.2) is 33.3 Å². The first kappa shape index (κ1) is 21.8. The molecule has 2 amide bonds. The van der Waals surface area contributed by atoms with Crippen molar-refractivity contribution in [1.29, 1.82) is 0 Å². The van der Waals surface area contributed by atoms with Gasteiger partial charge in [-0.1, -0.05) is 72.8 Å². The second-order valence-electron chi connectivity index (χ2n) is 7.68. The summed E-state index contributed by atoms with van der Waals surface area (Å²) in [5, 5.41) is 1.83. The molecule has 0 saturated carbocycles. The zero-order valence-corrected chi connectivity index (χ0v) is 18.3. The highest BCUT2D eigenvalue weighted by Crippen LogP contribution is 2.40. The fourth-order valence-corrected chi connectivity index (χ4v) is 5.84. The van der Waals surface area contributed by atoms with Crippen LogP contribution >= 0.6 is 0 Å². The van der Waals surface area contributed by atoms with Gasteiger partial charge < -0.3 is 10.2 Å². The van der Waals surface area contributed by atoms with Crippen molar-refractivity contribution in [3.8, 4) is 0 Å². The Hall–Kier alpha value is -3.45. The van der Waals surface area contributed by atoms with Crippen LogP contribution in [0.4, 0.5) is 5.69 Å². The predicted octanol–water partition coefficient (Wildman–Crippen LogP) is 3.30. The number of fused-ring (bicyclic) bond motifs is 1. The molecular weight excluding hydrogens is 424 g/mol. The van der Waals surface area contributed by atoms with Crippen LogP contribution in [0.5, 0.6) is 0 Å². The van der Waals surface area contributed by atoms with Crippen LogP contribution in [0, 0.1) is 0 Å². The van der Waals surface area contributed by atoms with Gasteiger partial charge in [-0.05, 0) is 29.7 Å². The number of rotatable bonds is 6. The molecule has 1 atom stereocenters. The van der Waals surface area contributed by atoms with Crippen LogP contribution < -0.4 is 10.2 Å². The summed E-state index contributed by atoms with van der Waals surface area (Å²) in [7, 11) is -3.82. The van der Waals surface area contributed by atoms with Gasteiger partial charge in [-0.3, -0.25) is 9.59 Å². The van der Waals surface area contributed by atoms with E-state index in [-0.39, 0.29) is 29.5 Å². The van der Waals surface area contributed by atoms with Gasteiger partial charge >= 0.3 is 0 Å². The molecule has 0 unspecified atom stereocenters. The lowest BCUT2D eigenvalue weighted by atomic mass is 10.1. The van der Waals surface area contributed by atoms with Crippen molar-refractivity contribution in [3.63, 3.8) is 0 Å². The first-order valence-electron chi connectivity index (χ1n) is 10.5. The van der Waals surface area contributed by atoms with E-state index in [9.17, 15) is 18.0 Å². The lowest BCUT2D eigenvalue weighted by Crippen LogP contribution is -2.41. The fraction of sp³-hybridized carbons (Fsp3) is 0.200. The van der Waals surface area contributed by atoms with E-state index in [1.807, 2.05) is 30.3 Å². The van der Waals surface area contributed by atoms with E-state index in [1.54, 1.807) is 48.5 Å². The van der Waals surface area contributed by atoms with E-state index in [4.69, 9.17) is 0 Å². The van der Waals surface area contributed by atoms with Crippen molar-refractivity contribution >= 4 is 27.3 Å². The Labute approximate surface area is 187 Å². The van der Waals surface area contributed by atoms with E-state index in [0.29, 0.717) is 18.5 Å². The Morgan fingerprint density at radius 1 is 0.906 bits per heavy atom. The largest absolute Gasteiger partial charge is 0.354 e. The maximum Gasteiger partial charge on any atom is 0.240 e. The minimum Gasteiger partial charge on any atom is -0.354 e. The normalized spacial score (nSPS) is 17.3. The van der Waals surface area contributed by atoms with Gasteiger partial charge in [0.05, 0.1) is 15.8 Å². The van der Waals surface area contributed by atoms with Crippen molar-refractivity contribution in [1.82, 2.24) is 5.32 Å². The third-order valence-electron chi connectivity index (χ3n) is 5.55. The molecule has 0 fully saturated rings. The maximum absolute atomic E-state index is 13.5. The summed E-state index contributed by atoms with van der Waals surface area (Å²) in [5.74, 6) is -0.731. The van der Waals surface area contributed by atoms with Crippen LogP contribution in [0.1, 0.15) is 22.8 Å². The highest BCUT2D eigenvalue weighted by atomic mass is 32.2. The molecule has 32 heavy (non-hydrogen) atoms. The number of carbonyl (C=O) groups is 2. The molecule has 1 aliphatic rings. The van der Waals surface area contributed by atoms with Crippen molar-refractivity contribution in [2.75, 3.05) is 18.0 Å². The summed E-state index contributed by atoms with van der Waals surface area (Å²) < 4.78 is 26.9. The van der Waals surface area contributed by atoms with Crippen molar-refractivity contribution < 1.29 is 18.0 Å². The van der Waals surface area contributed by atoms with Gasteiger partial charge in [0.25, 0.3) is 0 Å². The molecule has 1 heterocycles. The van der Waals surface area contributed by atoms with Crippen LogP contribution in [-0.2, 0) is 25.8 Å². The smallest absolute Gasteiger partial charge is 0.240 e. The molecule has 7 heteroatoms. The standard InChI is InChI=1S/C25H24N2O4S/c28-24(26-16-15-19-9-3-1-4-10-19)18-27-21-13-7-8-14-22(21)32(30,31)23(17-25(27)29)20-11-5-2-6-12-20/h1-14,23H,15-18H2,(H,26,28)/t23-/m1/s1. The third kappa shape index (κ3) is 4.57. The highest BCUT2D eigenvalue weighted by molar-refractivity contribution is 7.92. The van der Waals surface area contributed by atoms with E-state index in [2.05, 4.69) is 5.32 Å². The van der Waals surface area contributed by atoms with Crippen molar-refractivity contribution in [2.45, 2.75) is 23.0 Å². The van der Waals surface area contributed by atoms with Gasteiger partial charge in [-0.2, -0.15) is 0 Å². The first-order chi connectivity index (χ1) is 15.5. The number of carbonyl (C=O) groups excluding carboxylic acids is 2. The van der Waals surface area contributed by atoms with E-state index in [0.717, 1.165) is 5.56 Å². The number of hydrogen-bond acceptors (Lipinski definition) is 4. The molecule has 0 radical (unpaired) electrons. The van der Waals surface area contributed by atoms with E-state index >= 15 is 0 Å². The molecule has 0 spiro atoms. The van der Waals surface area contributed by atoms with E-state index < -0.39 is 21.0 Å². The summed E-state index contributed by atoms with van der Waals surface area (Å²) in [5.41, 5.74) is 1.90. The minimum atomic E-state index is -3.82. The maximum atomic E-state index is 13.5. The molecule has 1 aliphatic heterocycles. The second kappa shape index (κ2) is 9.36. The quantitative estimate of drug-likeness (QED) is 0.627. The lowest BCUT2D eigenvalue weighted by Gasteiger charge is -2.21. The molecule has 164 valence electrons. The van der Waals surface area contributed by atoms with Gasteiger partial charge in [-0.15, -0.1) is 0 Å². The summed E-state index contributed by atoms with van der Waals surface area (Å²) in [4.78, 5) is 27.1. The number of nitrogens with zero attached hydrogens (tertiary/aromatic N) is 1. The fourth-order valence-electron chi connectivity index (χ4n) is 3.92. The highest BCUT2D eigenvalue weighted by Gasteiger charge is 2.39. The first-order valence-corrected chi connectivity index (χ1v) is 12.0. The molecule has 0 bridgehead atoms. The van der Waals surface area contributed by atoms with Gasteiger partial charge in [0.2, 0.25) is 11.8 Å². The molecule has 4 rings (SSSR count). The van der Waals surface area contributed by atoms with Gasteiger partial charge in [0, 0.05) is 13.0 Å². The molecule has 0 saturated heterocycles. The topological polar surface area (TPSA) is 83.6 Å². The van der Waals surface area contributed by atoms with Gasteiger partial charge in [0.15, 0.2) is 9.84 Å². The average Bonchev–Trinajstić information content (AvgIpc) is 2.89. The Kier molecular flexibility index (Phi) is 6.37. The van der Waals surface area contributed by atoms with Crippen LogP contribution in [0.15, 0.2) is 89.8 Å². The zero-order valence-electron chi connectivity index (χ0n) is 17.5. The number of anilines is 1. The molecule has 0 aromatic heterocycles. The zero-order chi connectivity index (χ0) is 22.6. The molecule has 6 nitrogen and oxygen atoms in total. The molecule has 3 aromatic rings. The number of hydrogen-bond donors (Lipinski definition) is 1.